The SMILES string of the molecule is Cn1ncc(C(N)=NO)c1NC(=O)c1c(Cl)cccc1Cl. The zero-order chi connectivity index (χ0) is 15.6. The summed E-state index contributed by atoms with van der Waals surface area (Å²) in [5.41, 5.74) is 5.93. The summed E-state index contributed by atoms with van der Waals surface area (Å²) in [6, 6.07) is 4.74. The van der Waals surface area contributed by atoms with Gasteiger partial charge in [0.2, 0.25) is 0 Å². The van der Waals surface area contributed by atoms with Crippen molar-refractivity contribution in [2.45, 2.75) is 0 Å². The summed E-state index contributed by atoms with van der Waals surface area (Å²) in [4.78, 5) is 12.3. The van der Waals surface area contributed by atoms with Crippen LogP contribution in [0.3, 0.4) is 0 Å². The van der Waals surface area contributed by atoms with Gasteiger partial charge in [-0.2, -0.15) is 5.10 Å². The van der Waals surface area contributed by atoms with Crippen molar-refractivity contribution in [3.8, 4) is 0 Å². The highest BCUT2D eigenvalue weighted by atomic mass is 35.5. The number of aryl methyl sites for hydroxylation is 1. The Morgan fingerprint density at radius 2 is 2.05 bits per heavy atom. The van der Waals surface area contributed by atoms with Gasteiger partial charge in [0.05, 0.1) is 27.4 Å². The van der Waals surface area contributed by atoms with E-state index >= 15 is 0 Å². The lowest BCUT2D eigenvalue weighted by Crippen LogP contribution is -2.20. The Balaban J connectivity index is 2.39. The lowest BCUT2D eigenvalue weighted by atomic mass is 10.2. The Morgan fingerprint density at radius 1 is 1.43 bits per heavy atom. The van der Waals surface area contributed by atoms with Gasteiger partial charge in [0.25, 0.3) is 5.91 Å². The van der Waals surface area contributed by atoms with Crippen LogP contribution >= 0.6 is 23.2 Å². The number of nitrogens with one attached hydrogen (secondary N) is 1. The minimum atomic E-state index is -0.527. The van der Waals surface area contributed by atoms with E-state index < -0.39 is 5.91 Å². The molecule has 0 aliphatic heterocycles. The van der Waals surface area contributed by atoms with E-state index in [2.05, 4.69) is 15.6 Å². The summed E-state index contributed by atoms with van der Waals surface area (Å²) >= 11 is 12.0. The molecule has 9 heteroatoms. The molecule has 1 aromatic heterocycles. The second kappa shape index (κ2) is 6.02. The fraction of sp³-hybridized carbons (Fsp3) is 0.0833. The van der Waals surface area contributed by atoms with Crippen molar-refractivity contribution in [2.75, 3.05) is 5.32 Å². The predicted octanol–water partition coefficient (Wildman–Crippen LogP) is 2.07. The molecule has 0 saturated carbocycles. The highest BCUT2D eigenvalue weighted by Gasteiger charge is 2.19. The topological polar surface area (TPSA) is 106 Å². The third-order valence-corrected chi connectivity index (χ3v) is 3.37. The molecule has 0 spiro atoms. The van der Waals surface area contributed by atoms with Crippen LogP contribution in [0.1, 0.15) is 15.9 Å². The molecule has 0 fully saturated rings. The van der Waals surface area contributed by atoms with Crippen LogP contribution in [-0.4, -0.2) is 26.7 Å². The first kappa shape index (κ1) is 15.1. The van der Waals surface area contributed by atoms with Crippen molar-refractivity contribution in [3.63, 3.8) is 0 Å². The molecule has 0 atom stereocenters. The summed E-state index contributed by atoms with van der Waals surface area (Å²) in [6.45, 7) is 0. The molecule has 0 saturated heterocycles. The summed E-state index contributed by atoms with van der Waals surface area (Å²) in [5, 5.41) is 18.6. The fourth-order valence-corrected chi connectivity index (χ4v) is 2.28. The van der Waals surface area contributed by atoms with E-state index in [0.717, 1.165) is 0 Å². The number of hydrogen-bond acceptors (Lipinski definition) is 4. The Kier molecular flexibility index (Phi) is 4.35. The molecule has 1 heterocycles. The van der Waals surface area contributed by atoms with Gasteiger partial charge in [0.15, 0.2) is 5.84 Å². The predicted molar refractivity (Wildman–Crippen MR) is 80.1 cm³/mol. The van der Waals surface area contributed by atoms with Gasteiger partial charge in [-0.05, 0) is 12.1 Å². The van der Waals surface area contributed by atoms with Crippen molar-refractivity contribution in [2.24, 2.45) is 17.9 Å². The van der Waals surface area contributed by atoms with Gasteiger partial charge in [0, 0.05) is 7.05 Å². The average Bonchev–Trinajstić information content (AvgIpc) is 2.79. The number of oxime groups is 1. The minimum Gasteiger partial charge on any atom is -0.409 e. The third-order valence-electron chi connectivity index (χ3n) is 2.74. The van der Waals surface area contributed by atoms with Gasteiger partial charge < -0.3 is 16.3 Å². The average molecular weight is 328 g/mol. The summed E-state index contributed by atoms with van der Waals surface area (Å²) in [7, 11) is 1.60. The Hall–Kier alpha value is -2.25. The molecule has 1 amide bonds. The Labute approximate surface area is 129 Å². The van der Waals surface area contributed by atoms with E-state index in [9.17, 15) is 4.79 Å². The summed E-state index contributed by atoms with van der Waals surface area (Å²) in [6.07, 6.45) is 1.36. The van der Waals surface area contributed by atoms with Crippen LogP contribution < -0.4 is 11.1 Å². The molecule has 21 heavy (non-hydrogen) atoms. The number of rotatable bonds is 3. The maximum absolute atomic E-state index is 12.3. The molecule has 0 radical (unpaired) electrons. The number of carbonyl (C=O) groups is 1. The zero-order valence-corrected chi connectivity index (χ0v) is 12.4. The molecule has 110 valence electrons. The highest BCUT2D eigenvalue weighted by molar-refractivity contribution is 6.40. The van der Waals surface area contributed by atoms with Crippen molar-refractivity contribution in [3.05, 3.63) is 45.6 Å². The molecular formula is C12H11Cl2N5O2. The number of anilines is 1. The molecule has 0 bridgehead atoms. The van der Waals surface area contributed by atoms with Gasteiger partial charge in [-0.15, -0.1) is 0 Å². The number of aromatic nitrogens is 2. The zero-order valence-electron chi connectivity index (χ0n) is 10.8. The Morgan fingerprint density at radius 3 is 2.62 bits per heavy atom. The van der Waals surface area contributed by atoms with E-state index in [-0.39, 0.29) is 32.8 Å². The van der Waals surface area contributed by atoms with E-state index in [1.54, 1.807) is 25.2 Å². The summed E-state index contributed by atoms with van der Waals surface area (Å²) in [5.74, 6) is -0.448. The van der Waals surface area contributed by atoms with Gasteiger partial charge in [0.1, 0.15) is 5.82 Å². The highest BCUT2D eigenvalue weighted by Crippen LogP contribution is 2.25. The van der Waals surface area contributed by atoms with Gasteiger partial charge in [-0.1, -0.05) is 34.4 Å². The molecule has 0 aliphatic carbocycles. The van der Waals surface area contributed by atoms with Crippen LogP contribution in [0.5, 0.6) is 0 Å². The second-order valence-corrected chi connectivity index (χ2v) is 4.88. The van der Waals surface area contributed by atoms with Gasteiger partial charge in [-0.3, -0.25) is 9.48 Å². The van der Waals surface area contributed by atoms with Crippen LogP contribution in [-0.2, 0) is 7.05 Å². The van der Waals surface area contributed by atoms with Crippen LogP contribution in [0.2, 0.25) is 10.0 Å². The largest absolute Gasteiger partial charge is 0.409 e. The molecule has 1 aromatic carbocycles. The quantitative estimate of drug-likeness (QED) is 0.347. The molecule has 2 rings (SSSR count). The minimum absolute atomic E-state index is 0.132. The van der Waals surface area contributed by atoms with Crippen molar-refractivity contribution < 1.29 is 10.0 Å². The van der Waals surface area contributed by atoms with Crippen molar-refractivity contribution in [1.82, 2.24) is 9.78 Å². The molecule has 2 aromatic rings. The van der Waals surface area contributed by atoms with Gasteiger partial charge >= 0.3 is 0 Å². The van der Waals surface area contributed by atoms with Crippen LogP contribution in [0, 0.1) is 0 Å². The number of benzene rings is 1. The number of nitrogens with zero attached hydrogens (tertiary/aromatic N) is 3. The first-order chi connectivity index (χ1) is 9.95. The number of halogens is 2. The maximum Gasteiger partial charge on any atom is 0.259 e. The molecular weight excluding hydrogens is 317 g/mol. The smallest absolute Gasteiger partial charge is 0.259 e. The lowest BCUT2D eigenvalue weighted by Gasteiger charge is -2.10. The lowest BCUT2D eigenvalue weighted by molar-refractivity contribution is 0.102. The standard InChI is InChI=1S/C12H11Cl2N5O2/c1-19-11(6(5-16-19)10(15)18-21)17-12(20)9-7(13)3-2-4-8(9)14/h2-5,21H,1H3,(H2,15,18)(H,17,20). The van der Waals surface area contributed by atoms with Gasteiger partial charge in [-0.25, -0.2) is 0 Å². The molecule has 7 nitrogen and oxygen atoms in total. The first-order valence-corrected chi connectivity index (χ1v) is 6.46. The molecule has 0 unspecified atom stereocenters. The van der Waals surface area contributed by atoms with Crippen LogP contribution in [0.4, 0.5) is 5.82 Å². The molecule has 0 aliphatic rings. The van der Waals surface area contributed by atoms with E-state index in [4.69, 9.17) is 34.1 Å². The first-order valence-electron chi connectivity index (χ1n) is 5.71. The number of nitrogens with two attached hydrogens (primary N) is 1. The van der Waals surface area contributed by atoms with Crippen LogP contribution in [0.15, 0.2) is 29.6 Å². The van der Waals surface area contributed by atoms with Crippen molar-refractivity contribution >= 4 is 40.8 Å². The maximum atomic E-state index is 12.3. The second-order valence-electron chi connectivity index (χ2n) is 4.07. The van der Waals surface area contributed by atoms with E-state index in [1.807, 2.05) is 0 Å². The van der Waals surface area contributed by atoms with Crippen LogP contribution in [0.25, 0.3) is 0 Å². The third kappa shape index (κ3) is 2.93. The van der Waals surface area contributed by atoms with E-state index in [0.29, 0.717) is 0 Å². The monoisotopic (exact) mass is 327 g/mol. The Bertz CT molecular complexity index is 706. The molecule has 4 N–H and O–H groups in total. The van der Waals surface area contributed by atoms with Crippen molar-refractivity contribution in [1.29, 1.82) is 0 Å². The number of amidine groups is 1. The number of amides is 1. The number of hydrogen-bond donors (Lipinski definition) is 3. The summed E-state index contributed by atoms with van der Waals surface area (Å²) < 4.78 is 1.37. The number of carbonyl (C=O) groups excluding carboxylic acids is 1. The normalized spacial score (nSPS) is 11.5. The fourth-order valence-electron chi connectivity index (χ4n) is 1.71. The van der Waals surface area contributed by atoms with E-state index in [1.165, 1.54) is 10.9 Å².